The Labute approximate surface area is 121 Å². The number of hydrogen-bond donors (Lipinski definition) is 1. The molecule has 0 aliphatic heterocycles. The predicted octanol–water partition coefficient (Wildman–Crippen LogP) is 4.60. The van der Waals surface area contributed by atoms with Gasteiger partial charge < -0.3 is 10.1 Å². The van der Waals surface area contributed by atoms with Crippen molar-refractivity contribution in [3.05, 3.63) is 48.3 Å². The summed E-state index contributed by atoms with van der Waals surface area (Å²) in [5.74, 6) is 1.63. The van der Waals surface area contributed by atoms with Crippen LogP contribution in [0.4, 0.5) is 5.69 Å². The third-order valence-electron chi connectivity index (χ3n) is 3.02. The average Bonchev–Trinajstić information content (AvgIpc) is 2.39. The minimum absolute atomic E-state index is 0.0449. The number of para-hydroxylation sites is 1. The van der Waals surface area contributed by atoms with E-state index in [1.54, 1.807) is 12.4 Å². The monoisotopic (exact) mass is 270 g/mol. The van der Waals surface area contributed by atoms with Gasteiger partial charge in [-0.05, 0) is 18.4 Å². The van der Waals surface area contributed by atoms with Crippen LogP contribution >= 0.6 is 0 Å². The summed E-state index contributed by atoms with van der Waals surface area (Å²) >= 11 is 0. The zero-order chi connectivity index (χ0) is 14.6. The lowest BCUT2D eigenvalue weighted by Gasteiger charge is -2.22. The van der Waals surface area contributed by atoms with E-state index in [-0.39, 0.29) is 5.41 Å². The number of aromatic nitrogens is 1. The van der Waals surface area contributed by atoms with Gasteiger partial charge in [0.25, 0.3) is 0 Å². The van der Waals surface area contributed by atoms with Crippen molar-refractivity contribution in [1.82, 2.24) is 4.98 Å². The van der Waals surface area contributed by atoms with Crippen molar-refractivity contribution < 1.29 is 4.74 Å². The minimum Gasteiger partial charge on any atom is -0.455 e. The Kier molecular flexibility index (Phi) is 4.28. The number of pyridine rings is 1. The van der Waals surface area contributed by atoms with Crippen molar-refractivity contribution >= 4 is 5.69 Å². The van der Waals surface area contributed by atoms with E-state index >= 15 is 0 Å². The third-order valence-corrected chi connectivity index (χ3v) is 3.02. The standard InChI is InChI=1S/C17H22N2O/c1-5-19-13-10-14(12-18-11-13)20-16-9-7-6-8-15(16)17(2,3)4/h6-12,19H,5H2,1-4H3. The first-order chi connectivity index (χ1) is 9.50. The zero-order valence-corrected chi connectivity index (χ0v) is 12.6. The van der Waals surface area contributed by atoms with Crippen LogP contribution in [0, 0.1) is 0 Å². The second kappa shape index (κ2) is 5.95. The summed E-state index contributed by atoms with van der Waals surface area (Å²) in [5.41, 5.74) is 2.20. The normalized spacial score (nSPS) is 11.2. The molecule has 0 spiro atoms. The number of ether oxygens (including phenoxy) is 1. The number of rotatable bonds is 4. The van der Waals surface area contributed by atoms with E-state index in [4.69, 9.17) is 4.74 Å². The highest BCUT2D eigenvalue weighted by Gasteiger charge is 2.18. The topological polar surface area (TPSA) is 34.2 Å². The predicted molar refractivity (Wildman–Crippen MR) is 83.6 cm³/mol. The summed E-state index contributed by atoms with van der Waals surface area (Å²) in [6, 6.07) is 10.1. The van der Waals surface area contributed by atoms with Gasteiger partial charge in [-0.15, -0.1) is 0 Å². The molecule has 1 heterocycles. The van der Waals surface area contributed by atoms with E-state index < -0.39 is 0 Å². The van der Waals surface area contributed by atoms with Crippen LogP contribution in [-0.2, 0) is 5.41 Å². The number of benzene rings is 1. The lowest BCUT2D eigenvalue weighted by Crippen LogP contribution is -2.12. The van der Waals surface area contributed by atoms with Crippen molar-refractivity contribution in [1.29, 1.82) is 0 Å². The molecular formula is C17H22N2O. The molecule has 0 aliphatic carbocycles. The highest BCUT2D eigenvalue weighted by molar-refractivity contribution is 5.47. The van der Waals surface area contributed by atoms with Gasteiger partial charge in [-0.2, -0.15) is 0 Å². The van der Waals surface area contributed by atoms with Crippen molar-refractivity contribution in [3.8, 4) is 11.5 Å². The zero-order valence-electron chi connectivity index (χ0n) is 12.6. The molecule has 0 saturated carbocycles. The van der Waals surface area contributed by atoms with Crippen LogP contribution in [0.25, 0.3) is 0 Å². The molecule has 0 bridgehead atoms. The summed E-state index contributed by atoms with van der Waals surface area (Å²) in [5, 5.41) is 3.24. The molecule has 2 rings (SSSR count). The molecule has 0 radical (unpaired) electrons. The number of anilines is 1. The average molecular weight is 270 g/mol. The van der Waals surface area contributed by atoms with E-state index in [9.17, 15) is 0 Å². The lowest BCUT2D eigenvalue weighted by molar-refractivity contribution is 0.454. The van der Waals surface area contributed by atoms with E-state index in [1.807, 2.05) is 24.3 Å². The highest BCUT2D eigenvalue weighted by Crippen LogP contribution is 2.34. The van der Waals surface area contributed by atoms with Gasteiger partial charge in [0.1, 0.15) is 11.5 Å². The second-order valence-electron chi connectivity index (χ2n) is 5.79. The summed E-state index contributed by atoms with van der Waals surface area (Å²) in [4.78, 5) is 4.20. The van der Waals surface area contributed by atoms with Crippen molar-refractivity contribution in [2.45, 2.75) is 33.1 Å². The van der Waals surface area contributed by atoms with Crippen molar-refractivity contribution in [2.75, 3.05) is 11.9 Å². The van der Waals surface area contributed by atoms with Crippen LogP contribution in [0.5, 0.6) is 11.5 Å². The first-order valence-electron chi connectivity index (χ1n) is 6.97. The van der Waals surface area contributed by atoms with Crippen molar-refractivity contribution in [2.24, 2.45) is 0 Å². The molecule has 1 aromatic heterocycles. The largest absolute Gasteiger partial charge is 0.455 e. The molecule has 1 N–H and O–H groups in total. The van der Waals surface area contributed by atoms with Gasteiger partial charge in [-0.25, -0.2) is 0 Å². The minimum atomic E-state index is 0.0449. The summed E-state index contributed by atoms with van der Waals surface area (Å²) < 4.78 is 6.02. The molecule has 0 amide bonds. The van der Waals surface area contributed by atoms with Crippen LogP contribution < -0.4 is 10.1 Å². The molecule has 1 aromatic carbocycles. The SMILES string of the molecule is CCNc1cncc(Oc2ccccc2C(C)(C)C)c1. The third kappa shape index (κ3) is 3.50. The van der Waals surface area contributed by atoms with E-state index in [0.29, 0.717) is 0 Å². The Bertz CT molecular complexity index is 573. The maximum atomic E-state index is 6.02. The van der Waals surface area contributed by atoms with Gasteiger partial charge in [0.15, 0.2) is 0 Å². The van der Waals surface area contributed by atoms with Crippen LogP contribution in [-0.4, -0.2) is 11.5 Å². The number of hydrogen-bond acceptors (Lipinski definition) is 3. The fraction of sp³-hybridized carbons (Fsp3) is 0.353. The summed E-state index contributed by atoms with van der Waals surface area (Å²) in [6.07, 6.45) is 3.53. The highest BCUT2D eigenvalue weighted by atomic mass is 16.5. The molecular weight excluding hydrogens is 248 g/mol. The van der Waals surface area contributed by atoms with Crippen LogP contribution in [0.1, 0.15) is 33.3 Å². The molecule has 2 aromatic rings. The number of nitrogens with zero attached hydrogens (tertiary/aromatic N) is 1. The van der Waals surface area contributed by atoms with Crippen LogP contribution in [0.3, 0.4) is 0 Å². The molecule has 0 unspecified atom stereocenters. The Morgan fingerprint density at radius 1 is 1.15 bits per heavy atom. The second-order valence-corrected chi connectivity index (χ2v) is 5.79. The molecule has 0 fully saturated rings. The van der Waals surface area contributed by atoms with Gasteiger partial charge >= 0.3 is 0 Å². The van der Waals surface area contributed by atoms with Gasteiger partial charge in [0.05, 0.1) is 18.1 Å². The Balaban J connectivity index is 2.28. The fourth-order valence-electron chi connectivity index (χ4n) is 2.08. The Hall–Kier alpha value is -2.03. The summed E-state index contributed by atoms with van der Waals surface area (Å²) in [6.45, 7) is 9.47. The molecule has 0 atom stereocenters. The van der Waals surface area contributed by atoms with Gasteiger partial charge in [-0.3, -0.25) is 4.98 Å². The quantitative estimate of drug-likeness (QED) is 0.881. The van der Waals surface area contributed by atoms with Crippen LogP contribution in [0.15, 0.2) is 42.7 Å². The van der Waals surface area contributed by atoms with Gasteiger partial charge in [0.2, 0.25) is 0 Å². The summed E-state index contributed by atoms with van der Waals surface area (Å²) in [7, 11) is 0. The molecule has 0 aliphatic rings. The van der Waals surface area contributed by atoms with Gasteiger partial charge in [0, 0.05) is 18.2 Å². The molecule has 106 valence electrons. The molecule has 3 heteroatoms. The molecule has 0 saturated heterocycles. The number of nitrogens with one attached hydrogen (secondary N) is 1. The van der Waals surface area contributed by atoms with E-state index in [2.05, 4.69) is 44.1 Å². The Morgan fingerprint density at radius 3 is 2.60 bits per heavy atom. The lowest BCUT2D eigenvalue weighted by atomic mass is 9.86. The van der Waals surface area contributed by atoms with E-state index in [0.717, 1.165) is 23.7 Å². The first-order valence-corrected chi connectivity index (χ1v) is 6.97. The fourth-order valence-corrected chi connectivity index (χ4v) is 2.08. The first kappa shape index (κ1) is 14.4. The Morgan fingerprint density at radius 2 is 1.90 bits per heavy atom. The molecule has 3 nitrogen and oxygen atoms in total. The van der Waals surface area contributed by atoms with Crippen molar-refractivity contribution in [3.63, 3.8) is 0 Å². The molecule has 20 heavy (non-hydrogen) atoms. The smallest absolute Gasteiger partial charge is 0.147 e. The van der Waals surface area contributed by atoms with Crippen LogP contribution in [0.2, 0.25) is 0 Å². The van der Waals surface area contributed by atoms with E-state index in [1.165, 1.54) is 5.56 Å². The van der Waals surface area contributed by atoms with Gasteiger partial charge in [-0.1, -0.05) is 39.0 Å². The maximum absolute atomic E-state index is 6.02. The maximum Gasteiger partial charge on any atom is 0.147 e.